The molecule has 0 saturated carbocycles. The number of nitrogens with two attached hydrogens (primary N) is 1. The minimum absolute atomic E-state index is 0.124. The maximum atomic E-state index is 12.3. The molecule has 0 spiro atoms. The van der Waals surface area contributed by atoms with E-state index in [0.29, 0.717) is 11.5 Å². The van der Waals surface area contributed by atoms with Crippen LogP contribution in [0.25, 0.3) is 0 Å². The minimum Gasteiger partial charge on any atom is -0.393 e. The van der Waals surface area contributed by atoms with Gasteiger partial charge < -0.3 is 10.6 Å². The molecule has 2 rings (SSSR count). The van der Waals surface area contributed by atoms with E-state index in [2.05, 4.69) is 0 Å². The van der Waals surface area contributed by atoms with E-state index in [1.807, 2.05) is 23.3 Å². The van der Waals surface area contributed by atoms with Crippen LogP contribution in [0.2, 0.25) is 0 Å². The average Bonchev–Trinajstić information content (AvgIpc) is 2.74. The highest BCUT2D eigenvalue weighted by Gasteiger charge is 2.26. The quantitative estimate of drug-likeness (QED) is 0.836. The van der Waals surface area contributed by atoms with Gasteiger partial charge in [-0.25, -0.2) is 0 Å². The van der Waals surface area contributed by atoms with Gasteiger partial charge in [0.15, 0.2) is 0 Å². The van der Waals surface area contributed by atoms with Crippen LogP contribution in [0.4, 0.5) is 0 Å². The molecular weight excluding hydrogens is 252 g/mol. The number of amides is 1. The molecule has 1 saturated heterocycles. The van der Waals surface area contributed by atoms with E-state index in [9.17, 15) is 4.79 Å². The molecule has 1 fully saturated rings. The number of thiocarbonyl (C=S) groups is 1. The third-order valence-corrected chi connectivity index (χ3v) is 4.51. The molecule has 1 unspecified atom stereocenters. The standard InChI is InChI=1S/C12H16N2OS2/c1-8-4-6-17-10(8)12(15)14-5-2-3-9(7-14)11(13)16/h4,6,9H,2-3,5,7H2,1H3,(H2,13,16). The number of hydrogen-bond donors (Lipinski definition) is 1. The number of nitrogens with zero attached hydrogens (tertiary/aromatic N) is 1. The maximum absolute atomic E-state index is 12.3. The maximum Gasteiger partial charge on any atom is 0.264 e. The fraction of sp³-hybridized carbons (Fsp3) is 0.500. The zero-order valence-corrected chi connectivity index (χ0v) is 11.4. The molecule has 1 atom stereocenters. The molecule has 0 aliphatic carbocycles. The van der Waals surface area contributed by atoms with Gasteiger partial charge in [-0.05, 0) is 36.8 Å². The summed E-state index contributed by atoms with van der Waals surface area (Å²) in [6.07, 6.45) is 1.99. The Kier molecular flexibility index (Phi) is 3.79. The van der Waals surface area contributed by atoms with Crippen LogP contribution in [0.15, 0.2) is 11.4 Å². The van der Waals surface area contributed by atoms with Gasteiger partial charge >= 0.3 is 0 Å². The second-order valence-electron chi connectivity index (χ2n) is 4.43. The summed E-state index contributed by atoms with van der Waals surface area (Å²) >= 11 is 6.53. The van der Waals surface area contributed by atoms with Crippen molar-refractivity contribution in [2.24, 2.45) is 11.7 Å². The zero-order valence-electron chi connectivity index (χ0n) is 9.81. The molecule has 1 aliphatic rings. The number of thiophene rings is 1. The Bertz CT molecular complexity index is 441. The van der Waals surface area contributed by atoms with Gasteiger partial charge in [0.25, 0.3) is 5.91 Å². The molecule has 1 aliphatic heterocycles. The second kappa shape index (κ2) is 5.14. The van der Waals surface area contributed by atoms with Crippen LogP contribution in [-0.4, -0.2) is 28.9 Å². The lowest BCUT2D eigenvalue weighted by molar-refractivity contribution is 0.0708. The molecule has 17 heavy (non-hydrogen) atoms. The van der Waals surface area contributed by atoms with E-state index in [4.69, 9.17) is 18.0 Å². The third kappa shape index (κ3) is 2.66. The molecule has 3 nitrogen and oxygen atoms in total. The lowest BCUT2D eigenvalue weighted by Crippen LogP contribution is -2.43. The highest BCUT2D eigenvalue weighted by molar-refractivity contribution is 7.80. The summed E-state index contributed by atoms with van der Waals surface area (Å²) < 4.78 is 0. The molecule has 92 valence electrons. The van der Waals surface area contributed by atoms with Crippen molar-refractivity contribution in [2.75, 3.05) is 13.1 Å². The summed E-state index contributed by atoms with van der Waals surface area (Å²) in [7, 11) is 0. The van der Waals surface area contributed by atoms with Crippen LogP contribution >= 0.6 is 23.6 Å². The van der Waals surface area contributed by atoms with Crippen molar-refractivity contribution in [2.45, 2.75) is 19.8 Å². The van der Waals surface area contributed by atoms with Gasteiger partial charge in [0, 0.05) is 19.0 Å². The fourth-order valence-corrected chi connectivity index (χ4v) is 3.21. The van der Waals surface area contributed by atoms with Gasteiger partial charge in [-0.3, -0.25) is 4.79 Å². The van der Waals surface area contributed by atoms with E-state index in [1.54, 1.807) is 0 Å². The number of carbonyl (C=O) groups excluding carboxylic acids is 1. The molecule has 2 heterocycles. The van der Waals surface area contributed by atoms with Crippen LogP contribution in [0.1, 0.15) is 28.1 Å². The van der Waals surface area contributed by atoms with Gasteiger partial charge in [0.1, 0.15) is 0 Å². The van der Waals surface area contributed by atoms with Gasteiger partial charge in [-0.15, -0.1) is 11.3 Å². The first kappa shape index (κ1) is 12.5. The Morgan fingerprint density at radius 1 is 1.65 bits per heavy atom. The van der Waals surface area contributed by atoms with Crippen LogP contribution in [0.3, 0.4) is 0 Å². The zero-order chi connectivity index (χ0) is 12.4. The summed E-state index contributed by atoms with van der Waals surface area (Å²) in [5, 5.41) is 1.96. The molecule has 1 amide bonds. The highest BCUT2D eigenvalue weighted by atomic mass is 32.1. The van der Waals surface area contributed by atoms with Crippen LogP contribution in [0, 0.1) is 12.8 Å². The highest BCUT2D eigenvalue weighted by Crippen LogP contribution is 2.22. The van der Waals surface area contributed by atoms with Crippen molar-refractivity contribution in [1.82, 2.24) is 4.90 Å². The Morgan fingerprint density at radius 3 is 3.00 bits per heavy atom. The second-order valence-corrected chi connectivity index (χ2v) is 5.81. The minimum atomic E-state index is 0.124. The Balaban J connectivity index is 2.10. The molecule has 0 radical (unpaired) electrons. The Hall–Kier alpha value is -0.940. The van der Waals surface area contributed by atoms with Crippen molar-refractivity contribution < 1.29 is 4.79 Å². The Labute approximate surface area is 111 Å². The molecule has 2 N–H and O–H groups in total. The molecule has 0 bridgehead atoms. The van der Waals surface area contributed by atoms with Crippen LogP contribution < -0.4 is 5.73 Å². The summed E-state index contributed by atoms with van der Waals surface area (Å²) in [5.74, 6) is 0.307. The van der Waals surface area contributed by atoms with E-state index in [-0.39, 0.29) is 11.8 Å². The van der Waals surface area contributed by atoms with E-state index in [1.165, 1.54) is 11.3 Å². The van der Waals surface area contributed by atoms with E-state index < -0.39 is 0 Å². The van der Waals surface area contributed by atoms with Gasteiger partial charge in [-0.1, -0.05) is 12.2 Å². The summed E-state index contributed by atoms with van der Waals surface area (Å²) in [6.45, 7) is 3.46. The van der Waals surface area contributed by atoms with Crippen molar-refractivity contribution in [3.05, 3.63) is 21.9 Å². The topological polar surface area (TPSA) is 46.3 Å². The molecular formula is C12H16N2OS2. The van der Waals surface area contributed by atoms with E-state index in [0.717, 1.165) is 29.8 Å². The number of carbonyl (C=O) groups is 1. The van der Waals surface area contributed by atoms with Gasteiger partial charge in [-0.2, -0.15) is 0 Å². The predicted octanol–water partition coefficient (Wildman–Crippen LogP) is 2.19. The van der Waals surface area contributed by atoms with E-state index >= 15 is 0 Å². The number of aryl methyl sites for hydroxylation is 1. The average molecular weight is 268 g/mol. The summed E-state index contributed by atoms with van der Waals surface area (Å²) in [6, 6.07) is 1.98. The molecule has 1 aromatic heterocycles. The molecule has 1 aromatic rings. The molecule has 0 aromatic carbocycles. The number of rotatable bonds is 2. The predicted molar refractivity (Wildman–Crippen MR) is 74.5 cm³/mol. The largest absolute Gasteiger partial charge is 0.393 e. The van der Waals surface area contributed by atoms with Crippen molar-refractivity contribution in [3.63, 3.8) is 0 Å². The Morgan fingerprint density at radius 2 is 2.41 bits per heavy atom. The van der Waals surface area contributed by atoms with Crippen molar-refractivity contribution >= 4 is 34.5 Å². The first-order valence-corrected chi connectivity index (χ1v) is 7.01. The molecule has 5 heteroatoms. The monoisotopic (exact) mass is 268 g/mol. The normalized spacial score (nSPS) is 20.3. The lowest BCUT2D eigenvalue weighted by Gasteiger charge is -2.32. The van der Waals surface area contributed by atoms with Crippen LogP contribution in [0.5, 0.6) is 0 Å². The summed E-state index contributed by atoms with van der Waals surface area (Å²) in [4.78, 5) is 15.6. The number of hydrogen-bond acceptors (Lipinski definition) is 3. The SMILES string of the molecule is Cc1ccsc1C(=O)N1CCCC(C(N)=S)C1. The van der Waals surface area contributed by atoms with Gasteiger partial charge in [0.05, 0.1) is 9.87 Å². The number of likely N-dealkylation sites (tertiary alicyclic amines) is 1. The first-order chi connectivity index (χ1) is 8.09. The van der Waals surface area contributed by atoms with Crippen molar-refractivity contribution in [3.8, 4) is 0 Å². The fourth-order valence-electron chi connectivity index (χ4n) is 2.13. The summed E-state index contributed by atoms with van der Waals surface area (Å²) in [5.41, 5.74) is 6.73. The number of piperidine rings is 1. The van der Waals surface area contributed by atoms with Gasteiger partial charge in [0.2, 0.25) is 0 Å². The first-order valence-electron chi connectivity index (χ1n) is 5.72. The lowest BCUT2D eigenvalue weighted by atomic mass is 9.98. The van der Waals surface area contributed by atoms with Crippen molar-refractivity contribution in [1.29, 1.82) is 0 Å². The third-order valence-electron chi connectivity index (χ3n) is 3.17. The van der Waals surface area contributed by atoms with Crippen LogP contribution in [-0.2, 0) is 0 Å². The smallest absolute Gasteiger partial charge is 0.264 e.